The maximum Gasteiger partial charge on any atom is 0.412 e. The number of halogens is 1. The Morgan fingerprint density at radius 1 is 1.28 bits per heavy atom. The molecule has 2 N–H and O–H groups in total. The molecule has 1 amide bonds. The van der Waals surface area contributed by atoms with E-state index in [2.05, 4.69) is 15.8 Å². The summed E-state index contributed by atoms with van der Waals surface area (Å²) in [4.78, 5) is 19.3. The van der Waals surface area contributed by atoms with Gasteiger partial charge in [-0.1, -0.05) is 5.16 Å². The average molecular weight is 565 g/mol. The first-order chi connectivity index (χ1) is 14.4. The Labute approximate surface area is 209 Å². The molecule has 32 heavy (non-hydrogen) atoms. The molecule has 1 aliphatic heterocycles. The van der Waals surface area contributed by atoms with Gasteiger partial charge in [-0.05, 0) is 68.7 Å². The van der Waals surface area contributed by atoms with E-state index in [4.69, 9.17) is 19.0 Å². The number of guanidine groups is 1. The van der Waals surface area contributed by atoms with Crippen LogP contribution in [0, 0.1) is 13.8 Å². The lowest BCUT2D eigenvalue weighted by Gasteiger charge is -2.34. The summed E-state index contributed by atoms with van der Waals surface area (Å²) in [5.41, 5.74) is 0.672. The fourth-order valence-corrected chi connectivity index (χ4v) is 3.79. The van der Waals surface area contributed by atoms with Gasteiger partial charge in [0.25, 0.3) is 0 Å². The van der Waals surface area contributed by atoms with Gasteiger partial charge >= 0.3 is 6.09 Å². The normalized spacial score (nSPS) is 20.7. The van der Waals surface area contributed by atoms with Gasteiger partial charge < -0.3 is 24.6 Å². The summed E-state index contributed by atoms with van der Waals surface area (Å²) in [6.45, 7) is 19.0. The number of amides is 1. The molecule has 0 spiro atoms. The summed E-state index contributed by atoms with van der Waals surface area (Å²) >= 11 is 0. The van der Waals surface area contributed by atoms with Gasteiger partial charge in [0.1, 0.15) is 17.1 Å². The Balaban J connectivity index is 0.00000512. The zero-order valence-electron chi connectivity index (χ0n) is 20.9. The van der Waals surface area contributed by atoms with Crippen molar-refractivity contribution in [2.24, 2.45) is 4.99 Å². The largest absolute Gasteiger partial charge is 0.444 e. The highest BCUT2D eigenvalue weighted by Crippen LogP contribution is 2.33. The van der Waals surface area contributed by atoms with Crippen molar-refractivity contribution < 1.29 is 18.8 Å². The molecule has 1 aromatic heterocycles. The van der Waals surface area contributed by atoms with E-state index >= 15 is 0 Å². The van der Waals surface area contributed by atoms with Crippen molar-refractivity contribution in [3.05, 3.63) is 17.0 Å². The van der Waals surface area contributed by atoms with Crippen LogP contribution in [0.1, 0.15) is 65.5 Å². The molecule has 184 valence electrons. The van der Waals surface area contributed by atoms with Crippen molar-refractivity contribution in [3.8, 4) is 0 Å². The third kappa shape index (κ3) is 7.50. The minimum absolute atomic E-state index is 0. The molecular formula is C22H40IN5O4. The maximum atomic E-state index is 12.9. The number of carbonyl (C=O) groups is 1. The van der Waals surface area contributed by atoms with Gasteiger partial charge in [0.2, 0.25) is 0 Å². The molecule has 0 saturated carbocycles. The summed E-state index contributed by atoms with van der Waals surface area (Å²) in [5.74, 6) is 1.53. The van der Waals surface area contributed by atoms with Crippen LogP contribution < -0.4 is 10.6 Å². The van der Waals surface area contributed by atoms with E-state index in [1.807, 2.05) is 62.3 Å². The van der Waals surface area contributed by atoms with Gasteiger partial charge in [0, 0.05) is 18.7 Å². The van der Waals surface area contributed by atoms with Crippen molar-refractivity contribution in [1.29, 1.82) is 0 Å². The van der Waals surface area contributed by atoms with Gasteiger partial charge in [-0.3, -0.25) is 9.89 Å². The molecule has 2 atom stereocenters. The zero-order valence-corrected chi connectivity index (χ0v) is 23.2. The van der Waals surface area contributed by atoms with E-state index in [1.165, 1.54) is 0 Å². The monoisotopic (exact) mass is 565 g/mol. The van der Waals surface area contributed by atoms with Gasteiger partial charge in [0.15, 0.2) is 5.96 Å². The lowest BCUT2D eigenvalue weighted by atomic mass is 10.1. The fourth-order valence-electron chi connectivity index (χ4n) is 3.79. The summed E-state index contributed by atoms with van der Waals surface area (Å²) in [5, 5.41) is 10.6. The Morgan fingerprint density at radius 3 is 2.47 bits per heavy atom. The number of hydrogen-bond acceptors (Lipinski definition) is 6. The maximum absolute atomic E-state index is 12.9. The number of hydrogen-bond donors (Lipinski definition) is 2. The summed E-state index contributed by atoms with van der Waals surface area (Å²) in [7, 11) is 0. The van der Waals surface area contributed by atoms with Crippen LogP contribution in [0.25, 0.3) is 0 Å². The molecule has 1 aromatic rings. The number of rotatable bonds is 6. The highest BCUT2D eigenvalue weighted by Gasteiger charge is 2.49. The summed E-state index contributed by atoms with van der Waals surface area (Å²) < 4.78 is 16.9. The number of aliphatic imine (C=N–C) groups is 1. The molecule has 2 heterocycles. The van der Waals surface area contributed by atoms with Crippen molar-refractivity contribution in [2.75, 3.05) is 19.6 Å². The third-order valence-electron chi connectivity index (χ3n) is 5.15. The zero-order chi connectivity index (χ0) is 23.4. The van der Waals surface area contributed by atoms with Crippen LogP contribution in [0.5, 0.6) is 0 Å². The molecule has 9 nitrogen and oxygen atoms in total. The van der Waals surface area contributed by atoms with Crippen LogP contribution in [0.15, 0.2) is 9.52 Å². The van der Waals surface area contributed by atoms with Gasteiger partial charge in [-0.15, -0.1) is 24.0 Å². The first kappa shape index (κ1) is 28.5. The van der Waals surface area contributed by atoms with E-state index in [9.17, 15) is 4.79 Å². The first-order valence-electron chi connectivity index (χ1n) is 11.0. The van der Waals surface area contributed by atoms with Crippen molar-refractivity contribution in [3.63, 3.8) is 0 Å². The van der Waals surface area contributed by atoms with E-state index in [-0.39, 0.29) is 36.1 Å². The Morgan fingerprint density at radius 2 is 1.94 bits per heavy atom. The lowest BCUT2D eigenvalue weighted by molar-refractivity contribution is -0.0755. The fraction of sp³-hybridized carbons (Fsp3) is 0.773. The molecule has 2 unspecified atom stereocenters. The van der Waals surface area contributed by atoms with Crippen LogP contribution in [-0.4, -0.2) is 65.2 Å². The average Bonchev–Trinajstić information content (AvgIpc) is 3.06. The molecular weight excluding hydrogens is 525 g/mol. The molecule has 0 aliphatic carbocycles. The predicted molar refractivity (Wildman–Crippen MR) is 136 cm³/mol. The van der Waals surface area contributed by atoms with Crippen molar-refractivity contribution >= 4 is 36.0 Å². The highest BCUT2D eigenvalue weighted by molar-refractivity contribution is 14.0. The lowest BCUT2D eigenvalue weighted by Crippen LogP contribution is -2.51. The Hall–Kier alpha value is -1.56. The van der Waals surface area contributed by atoms with Crippen molar-refractivity contribution in [1.82, 2.24) is 20.7 Å². The van der Waals surface area contributed by atoms with E-state index in [0.29, 0.717) is 19.0 Å². The van der Waals surface area contributed by atoms with Gasteiger partial charge in [-0.25, -0.2) is 4.79 Å². The molecule has 0 radical (unpaired) electrons. The molecule has 0 bridgehead atoms. The van der Waals surface area contributed by atoms with E-state index in [0.717, 1.165) is 30.0 Å². The standard InChI is InChI=1S/C22H39N5O4.HI/c1-10-23-19(24-12-11-17-14(2)26-31-15(17)3)25-13-18-16(4)29-22(8,9)27(18)20(28)30-21(5,6)7;/h16,18H,10-13H2,1-9H3,(H2,23,24,25);1H. The highest BCUT2D eigenvalue weighted by atomic mass is 127. The topological polar surface area (TPSA) is 101 Å². The van der Waals surface area contributed by atoms with Crippen LogP contribution >= 0.6 is 24.0 Å². The second kappa shape index (κ2) is 11.5. The predicted octanol–water partition coefficient (Wildman–Crippen LogP) is 3.77. The number of aryl methyl sites for hydroxylation is 2. The minimum Gasteiger partial charge on any atom is -0.444 e. The van der Waals surface area contributed by atoms with Crippen LogP contribution in [0.2, 0.25) is 0 Å². The number of nitrogens with zero attached hydrogens (tertiary/aromatic N) is 3. The smallest absolute Gasteiger partial charge is 0.412 e. The van der Waals surface area contributed by atoms with E-state index < -0.39 is 17.4 Å². The second-order valence-electron chi connectivity index (χ2n) is 9.39. The Kier molecular flexibility index (Phi) is 10.3. The molecule has 10 heteroatoms. The van der Waals surface area contributed by atoms with Gasteiger partial charge in [-0.2, -0.15) is 0 Å². The second-order valence-corrected chi connectivity index (χ2v) is 9.39. The molecule has 0 aromatic carbocycles. The number of ether oxygens (including phenoxy) is 2. The third-order valence-corrected chi connectivity index (χ3v) is 5.15. The quantitative estimate of drug-likeness (QED) is 0.308. The Bertz CT molecular complexity index is 768. The number of carbonyl (C=O) groups excluding carboxylic acids is 1. The van der Waals surface area contributed by atoms with E-state index in [1.54, 1.807) is 4.90 Å². The molecule has 1 fully saturated rings. The SMILES string of the molecule is CCNC(=NCC1C(C)OC(C)(C)N1C(=O)OC(C)(C)C)NCCc1c(C)noc1C.I. The summed E-state index contributed by atoms with van der Waals surface area (Å²) in [6, 6.07) is -0.233. The number of aromatic nitrogens is 1. The summed E-state index contributed by atoms with van der Waals surface area (Å²) in [6.07, 6.45) is 0.223. The van der Waals surface area contributed by atoms with Crippen molar-refractivity contribution in [2.45, 2.75) is 92.2 Å². The minimum atomic E-state index is -0.767. The number of nitrogens with one attached hydrogen (secondary N) is 2. The van der Waals surface area contributed by atoms with Crippen LogP contribution in [0.4, 0.5) is 4.79 Å². The molecule has 1 aliphatic rings. The van der Waals surface area contributed by atoms with Crippen LogP contribution in [-0.2, 0) is 15.9 Å². The van der Waals surface area contributed by atoms with Crippen LogP contribution in [0.3, 0.4) is 0 Å². The van der Waals surface area contributed by atoms with Gasteiger partial charge in [0.05, 0.1) is 24.4 Å². The molecule has 1 saturated heterocycles. The molecule has 2 rings (SSSR count). The first-order valence-corrected chi connectivity index (χ1v) is 11.0.